The van der Waals surface area contributed by atoms with Crippen molar-refractivity contribution in [3.05, 3.63) is 17.7 Å². The van der Waals surface area contributed by atoms with Gasteiger partial charge in [-0.3, -0.25) is 4.79 Å². The first-order valence-electron chi connectivity index (χ1n) is 3.40. The zero-order chi connectivity index (χ0) is 8.97. The summed E-state index contributed by atoms with van der Waals surface area (Å²) in [6, 6.07) is 0. The Bertz CT molecular complexity index is 273. The average Bonchev–Trinajstić information content (AvgIpc) is 2.09. The second kappa shape index (κ2) is 4.01. The van der Waals surface area contributed by atoms with Crippen molar-refractivity contribution in [3.8, 4) is 5.75 Å². The lowest BCUT2D eigenvalue weighted by atomic mass is 10.5. The quantitative estimate of drug-likeness (QED) is 0.518. The number of esters is 1. The van der Waals surface area contributed by atoms with Gasteiger partial charge in [-0.15, -0.1) is 0 Å². The van der Waals surface area contributed by atoms with Crippen LogP contribution in [0, 0.1) is 0 Å². The smallest absolute Gasteiger partial charge is 0.311 e. The zero-order valence-corrected chi connectivity index (χ0v) is 7.21. The molecule has 0 saturated heterocycles. The van der Waals surface area contributed by atoms with Crippen LogP contribution in [-0.2, 0) is 4.79 Å². The van der Waals surface area contributed by atoms with E-state index >= 15 is 0 Å². The second-order valence-electron chi connectivity index (χ2n) is 2.02. The largest absolute Gasteiger partial charge is 0.423 e. The van der Waals surface area contributed by atoms with Crippen LogP contribution in [0.5, 0.6) is 5.75 Å². The van der Waals surface area contributed by atoms with E-state index in [2.05, 4.69) is 9.97 Å². The molecule has 1 aromatic heterocycles. The van der Waals surface area contributed by atoms with Gasteiger partial charge in [0.15, 0.2) is 5.75 Å². The van der Waals surface area contributed by atoms with E-state index < -0.39 is 0 Å². The Kier molecular flexibility index (Phi) is 2.99. The number of hydrogen-bond donors (Lipinski definition) is 0. The molecule has 1 heterocycles. The van der Waals surface area contributed by atoms with Gasteiger partial charge in [0, 0.05) is 6.42 Å². The van der Waals surface area contributed by atoms with Crippen molar-refractivity contribution >= 4 is 17.6 Å². The fourth-order valence-electron chi connectivity index (χ4n) is 0.557. The van der Waals surface area contributed by atoms with Crippen LogP contribution in [0.15, 0.2) is 12.4 Å². The monoisotopic (exact) mass is 186 g/mol. The summed E-state index contributed by atoms with van der Waals surface area (Å²) in [5.74, 6) is -0.00725. The molecule has 0 aliphatic heterocycles. The van der Waals surface area contributed by atoms with Gasteiger partial charge in [0.1, 0.15) is 0 Å². The molecule has 0 aliphatic rings. The summed E-state index contributed by atoms with van der Waals surface area (Å²) in [5.41, 5.74) is 0. The molecule has 1 aromatic rings. The molecule has 4 nitrogen and oxygen atoms in total. The van der Waals surface area contributed by atoms with Crippen LogP contribution in [0.1, 0.15) is 13.3 Å². The number of halogens is 1. The third-order valence-electron chi connectivity index (χ3n) is 1.12. The molecule has 0 spiro atoms. The highest BCUT2D eigenvalue weighted by atomic mass is 35.5. The lowest BCUT2D eigenvalue weighted by Gasteiger charge is -1.99. The second-order valence-corrected chi connectivity index (χ2v) is 2.35. The Morgan fingerprint density at radius 1 is 1.58 bits per heavy atom. The third kappa shape index (κ3) is 2.47. The normalized spacial score (nSPS) is 9.50. The molecule has 0 saturated carbocycles. The van der Waals surface area contributed by atoms with E-state index in [-0.39, 0.29) is 11.3 Å². The summed E-state index contributed by atoms with van der Waals surface area (Å²) in [4.78, 5) is 18.0. The van der Waals surface area contributed by atoms with E-state index in [1.807, 2.05) is 0 Å². The van der Waals surface area contributed by atoms with Crippen molar-refractivity contribution in [2.45, 2.75) is 13.3 Å². The molecular weight excluding hydrogens is 180 g/mol. The fourth-order valence-corrected chi connectivity index (χ4v) is 0.654. The van der Waals surface area contributed by atoms with Crippen molar-refractivity contribution in [2.75, 3.05) is 0 Å². The molecule has 64 valence electrons. The highest BCUT2D eigenvalue weighted by Crippen LogP contribution is 2.08. The van der Waals surface area contributed by atoms with Crippen LogP contribution in [0.2, 0.25) is 5.28 Å². The average molecular weight is 187 g/mol. The molecule has 0 aliphatic carbocycles. The first kappa shape index (κ1) is 8.93. The number of carbonyl (C=O) groups excluding carboxylic acids is 1. The highest BCUT2D eigenvalue weighted by Gasteiger charge is 2.01. The standard InChI is InChI=1S/C7H7ClN2O2/c1-2-6(11)12-5-3-9-7(8)10-4-5/h3-4H,2H2,1H3. The Hall–Kier alpha value is -1.16. The lowest BCUT2D eigenvalue weighted by molar-refractivity contribution is -0.134. The summed E-state index contributed by atoms with van der Waals surface area (Å²) in [7, 11) is 0. The minimum absolute atomic E-state index is 0.131. The van der Waals surface area contributed by atoms with Crippen molar-refractivity contribution in [1.29, 1.82) is 0 Å². The van der Waals surface area contributed by atoms with Gasteiger partial charge in [-0.1, -0.05) is 6.92 Å². The van der Waals surface area contributed by atoms with Crippen molar-refractivity contribution in [2.24, 2.45) is 0 Å². The van der Waals surface area contributed by atoms with Gasteiger partial charge in [0.05, 0.1) is 12.4 Å². The van der Waals surface area contributed by atoms with Crippen LogP contribution in [0.3, 0.4) is 0 Å². The van der Waals surface area contributed by atoms with Gasteiger partial charge in [-0.25, -0.2) is 9.97 Å². The van der Waals surface area contributed by atoms with Crippen molar-refractivity contribution < 1.29 is 9.53 Å². The van der Waals surface area contributed by atoms with E-state index in [0.717, 1.165) is 0 Å². The van der Waals surface area contributed by atoms with Gasteiger partial charge < -0.3 is 4.74 Å². The Morgan fingerprint density at radius 2 is 2.17 bits per heavy atom. The van der Waals surface area contributed by atoms with E-state index in [4.69, 9.17) is 16.3 Å². The Labute approximate surface area is 74.5 Å². The van der Waals surface area contributed by atoms with Crippen molar-refractivity contribution in [1.82, 2.24) is 9.97 Å². The molecule has 0 radical (unpaired) electrons. The van der Waals surface area contributed by atoms with Crippen LogP contribution in [0.4, 0.5) is 0 Å². The number of hydrogen-bond acceptors (Lipinski definition) is 4. The van der Waals surface area contributed by atoms with Gasteiger partial charge >= 0.3 is 5.97 Å². The number of aromatic nitrogens is 2. The van der Waals surface area contributed by atoms with Gasteiger partial charge in [0.2, 0.25) is 5.28 Å². The number of nitrogens with zero attached hydrogens (tertiary/aromatic N) is 2. The topological polar surface area (TPSA) is 52.1 Å². The van der Waals surface area contributed by atoms with E-state index in [9.17, 15) is 4.79 Å². The number of carbonyl (C=O) groups is 1. The fraction of sp³-hybridized carbons (Fsp3) is 0.286. The molecule has 0 atom stereocenters. The summed E-state index contributed by atoms with van der Waals surface area (Å²) in [5, 5.41) is 0.131. The first-order chi connectivity index (χ1) is 5.72. The molecule has 0 N–H and O–H groups in total. The Balaban J connectivity index is 2.64. The number of rotatable bonds is 2. The SMILES string of the molecule is CCC(=O)Oc1cnc(Cl)nc1. The molecule has 5 heteroatoms. The van der Waals surface area contributed by atoms with Crippen LogP contribution < -0.4 is 4.74 Å². The molecule has 0 fully saturated rings. The summed E-state index contributed by atoms with van der Waals surface area (Å²) in [6.07, 6.45) is 3.02. The summed E-state index contributed by atoms with van der Waals surface area (Å²) >= 11 is 5.42. The first-order valence-corrected chi connectivity index (χ1v) is 3.78. The van der Waals surface area contributed by atoms with Crippen molar-refractivity contribution in [3.63, 3.8) is 0 Å². The minimum atomic E-state index is -0.319. The van der Waals surface area contributed by atoms with Crippen LogP contribution in [0.25, 0.3) is 0 Å². The van der Waals surface area contributed by atoms with E-state index in [1.165, 1.54) is 12.4 Å². The molecule has 12 heavy (non-hydrogen) atoms. The molecule has 0 amide bonds. The number of ether oxygens (including phenoxy) is 1. The summed E-state index contributed by atoms with van der Waals surface area (Å²) in [6.45, 7) is 1.71. The molecule has 0 bridgehead atoms. The third-order valence-corrected chi connectivity index (χ3v) is 1.31. The van der Waals surface area contributed by atoms with Gasteiger partial charge in [-0.05, 0) is 11.6 Å². The van der Waals surface area contributed by atoms with Gasteiger partial charge in [-0.2, -0.15) is 0 Å². The highest BCUT2D eigenvalue weighted by molar-refractivity contribution is 6.28. The lowest BCUT2D eigenvalue weighted by Crippen LogP contribution is -2.05. The predicted molar refractivity (Wildman–Crippen MR) is 43.0 cm³/mol. The minimum Gasteiger partial charge on any atom is -0.423 e. The molecule has 0 aromatic carbocycles. The Morgan fingerprint density at radius 3 is 2.67 bits per heavy atom. The molecular formula is C7H7ClN2O2. The van der Waals surface area contributed by atoms with E-state index in [0.29, 0.717) is 12.2 Å². The van der Waals surface area contributed by atoms with E-state index in [1.54, 1.807) is 6.92 Å². The predicted octanol–water partition coefficient (Wildman–Crippen LogP) is 1.45. The summed E-state index contributed by atoms with van der Waals surface area (Å²) < 4.78 is 4.80. The molecule has 1 rings (SSSR count). The maximum atomic E-state index is 10.8. The molecule has 0 unspecified atom stereocenters. The maximum Gasteiger partial charge on any atom is 0.311 e. The van der Waals surface area contributed by atoms with Crippen LogP contribution in [-0.4, -0.2) is 15.9 Å². The zero-order valence-electron chi connectivity index (χ0n) is 6.45. The maximum absolute atomic E-state index is 10.8. The van der Waals surface area contributed by atoms with Crippen LogP contribution >= 0.6 is 11.6 Å². The van der Waals surface area contributed by atoms with Gasteiger partial charge in [0.25, 0.3) is 0 Å².